The molecule has 1 aromatic rings. The predicted molar refractivity (Wildman–Crippen MR) is 53.2 cm³/mol. The summed E-state index contributed by atoms with van der Waals surface area (Å²) in [6.07, 6.45) is 0.331. The third kappa shape index (κ3) is 2.53. The summed E-state index contributed by atoms with van der Waals surface area (Å²) in [5.41, 5.74) is 6.25. The second-order valence-electron chi connectivity index (χ2n) is 2.92. The van der Waals surface area contributed by atoms with E-state index in [-0.39, 0.29) is 11.6 Å². The minimum absolute atomic E-state index is 0.203. The van der Waals surface area contributed by atoms with Gasteiger partial charge in [-0.25, -0.2) is 4.39 Å². The van der Waals surface area contributed by atoms with Gasteiger partial charge >= 0.3 is 0 Å². The Bertz CT molecular complexity index is 339. The molecule has 1 amide bonds. The van der Waals surface area contributed by atoms with E-state index in [1.54, 1.807) is 13.0 Å². The fourth-order valence-corrected chi connectivity index (χ4v) is 1.03. The highest BCUT2D eigenvalue weighted by Gasteiger charge is 2.05. The van der Waals surface area contributed by atoms with E-state index in [0.717, 1.165) is 0 Å². The molecule has 76 valence electrons. The van der Waals surface area contributed by atoms with Crippen LogP contribution in [-0.2, 0) is 11.3 Å². The summed E-state index contributed by atoms with van der Waals surface area (Å²) in [5, 5.41) is 2.46. The Morgan fingerprint density at radius 2 is 2.29 bits per heavy atom. The number of nitrogens with two attached hydrogens (primary N) is 1. The maximum Gasteiger partial charge on any atom is 0.224 e. The van der Waals surface area contributed by atoms with Gasteiger partial charge in [0.05, 0.1) is 5.69 Å². The Hall–Kier alpha value is -1.42. The van der Waals surface area contributed by atoms with Crippen LogP contribution in [0.25, 0.3) is 0 Å². The van der Waals surface area contributed by atoms with E-state index in [1.807, 2.05) is 0 Å². The van der Waals surface area contributed by atoms with E-state index >= 15 is 0 Å². The minimum atomic E-state index is -0.449. The smallest absolute Gasteiger partial charge is 0.224 e. The molecule has 0 spiro atoms. The Kier molecular flexibility index (Phi) is 3.59. The molecule has 3 N–H and O–H groups in total. The van der Waals surface area contributed by atoms with Gasteiger partial charge < -0.3 is 11.1 Å². The summed E-state index contributed by atoms with van der Waals surface area (Å²) in [7, 11) is 0. The lowest BCUT2D eigenvalue weighted by atomic mass is 10.2. The maximum absolute atomic E-state index is 13.3. The third-order valence-corrected chi connectivity index (χ3v) is 1.86. The Balaban J connectivity index is 2.83. The van der Waals surface area contributed by atoms with Gasteiger partial charge in [0.2, 0.25) is 5.91 Å². The first-order valence-electron chi connectivity index (χ1n) is 4.45. The fourth-order valence-electron chi connectivity index (χ4n) is 1.03. The van der Waals surface area contributed by atoms with Crippen LogP contribution in [0.2, 0.25) is 0 Å². The van der Waals surface area contributed by atoms with Gasteiger partial charge in [-0.05, 0) is 17.7 Å². The van der Waals surface area contributed by atoms with E-state index < -0.39 is 5.82 Å². The van der Waals surface area contributed by atoms with Gasteiger partial charge in [0.15, 0.2) is 0 Å². The number of nitrogens with one attached hydrogen (secondary N) is 1. The molecule has 1 aromatic carbocycles. The van der Waals surface area contributed by atoms with E-state index in [0.29, 0.717) is 18.5 Å². The van der Waals surface area contributed by atoms with Crippen molar-refractivity contribution in [1.29, 1.82) is 0 Å². The van der Waals surface area contributed by atoms with Crippen molar-refractivity contribution in [3.05, 3.63) is 29.6 Å². The molecule has 0 heterocycles. The zero-order valence-corrected chi connectivity index (χ0v) is 8.01. The van der Waals surface area contributed by atoms with Crippen LogP contribution in [0.15, 0.2) is 18.2 Å². The van der Waals surface area contributed by atoms with Crippen molar-refractivity contribution in [2.45, 2.75) is 19.9 Å². The lowest BCUT2D eigenvalue weighted by Gasteiger charge is -2.05. The van der Waals surface area contributed by atoms with Crippen molar-refractivity contribution in [2.24, 2.45) is 5.73 Å². The molecular weight excluding hydrogens is 183 g/mol. The highest BCUT2D eigenvalue weighted by molar-refractivity contribution is 5.90. The molecule has 0 bridgehead atoms. The van der Waals surface area contributed by atoms with Gasteiger partial charge in [-0.15, -0.1) is 0 Å². The number of hydrogen-bond donors (Lipinski definition) is 2. The fraction of sp³-hybridized carbons (Fsp3) is 0.300. The first-order chi connectivity index (χ1) is 6.67. The van der Waals surface area contributed by atoms with Gasteiger partial charge in [-0.1, -0.05) is 13.0 Å². The molecule has 3 nitrogen and oxygen atoms in total. The molecule has 0 aromatic heterocycles. The Labute approximate surface area is 82.1 Å². The number of rotatable bonds is 3. The lowest BCUT2D eigenvalue weighted by molar-refractivity contribution is -0.115. The van der Waals surface area contributed by atoms with Crippen LogP contribution in [0, 0.1) is 5.82 Å². The Morgan fingerprint density at radius 1 is 1.57 bits per heavy atom. The SMILES string of the molecule is CCC(=O)Nc1ccc(CN)cc1F. The van der Waals surface area contributed by atoms with Gasteiger partial charge in [0.25, 0.3) is 0 Å². The van der Waals surface area contributed by atoms with Crippen molar-refractivity contribution >= 4 is 11.6 Å². The van der Waals surface area contributed by atoms with Gasteiger partial charge in [0, 0.05) is 13.0 Å². The molecular formula is C10H13FN2O. The summed E-state index contributed by atoms with van der Waals surface area (Å²) >= 11 is 0. The van der Waals surface area contributed by atoms with Gasteiger partial charge in [-0.2, -0.15) is 0 Å². The van der Waals surface area contributed by atoms with Crippen molar-refractivity contribution in [3.63, 3.8) is 0 Å². The second-order valence-corrected chi connectivity index (χ2v) is 2.92. The molecule has 0 aliphatic rings. The second kappa shape index (κ2) is 4.72. The zero-order valence-electron chi connectivity index (χ0n) is 8.01. The number of amides is 1. The normalized spacial score (nSPS) is 9.93. The molecule has 0 atom stereocenters. The van der Waals surface area contributed by atoms with Crippen LogP contribution in [0.4, 0.5) is 10.1 Å². The topological polar surface area (TPSA) is 55.1 Å². The number of hydrogen-bond acceptors (Lipinski definition) is 2. The average Bonchev–Trinajstić information content (AvgIpc) is 2.20. The summed E-state index contributed by atoms with van der Waals surface area (Å²) in [4.78, 5) is 11.0. The summed E-state index contributed by atoms with van der Waals surface area (Å²) in [6, 6.07) is 4.53. The van der Waals surface area contributed by atoms with E-state index in [1.165, 1.54) is 12.1 Å². The highest BCUT2D eigenvalue weighted by atomic mass is 19.1. The van der Waals surface area contributed by atoms with Crippen LogP contribution in [0.3, 0.4) is 0 Å². The standard InChI is InChI=1S/C10H13FN2O/c1-2-10(14)13-9-4-3-7(6-12)5-8(9)11/h3-5H,2,6,12H2,1H3,(H,13,14). The first-order valence-corrected chi connectivity index (χ1v) is 4.45. The summed E-state index contributed by atoms with van der Waals surface area (Å²) < 4.78 is 13.3. The van der Waals surface area contributed by atoms with Crippen molar-refractivity contribution in [3.8, 4) is 0 Å². The predicted octanol–water partition coefficient (Wildman–Crippen LogP) is 1.63. The molecule has 1 rings (SSSR count). The van der Waals surface area contributed by atoms with Crippen LogP contribution in [0.5, 0.6) is 0 Å². The summed E-state index contributed by atoms with van der Waals surface area (Å²) in [5.74, 6) is -0.654. The van der Waals surface area contributed by atoms with E-state index in [2.05, 4.69) is 5.32 Å². The third-order valence-electron chi connectivity index (χ3n) is 1.86. The molecule has 0 unspecified atom stereocenters. The number of halogens is 1. The number of carbonyl (C=O) groups is 1. The molecule has 0 saturated heterocycles. The highest BCUT2D eigenvalue weighted by Crippen LogP contribution is 2.15. The van der Waals surface area contributed by atoms with Crippen LogP contribution in [0.1, 0.15) is 18.9 Å². The van der Waals surface area contributed by atoms with Crippen LogP contribution >= 0.6 is 0 Å². The molecule has 14 heavy (non-hydrogen) atoms. The molecule has 0 radical (unpaired) electrons. The average molecular weight is 196 g/mol. The van der Waals surface area contributed by atoms with Crippen LogP contribution in [-0.4, -0.2) is 5.91 Å². The van der Waals surface area contributed by atoms with E-state index in [4.69, 9.17) is 5.73 Å². The lowest BCUT2D eigenvalue weighted by Crippen LogP contribution is -2.11. The van der Waals surface area contributed by atoms with Gasteiger partial charge in [-0.3, -0.25) is 4.79 Å². The number of carbonyl (C=O) groups excluding carboxylic acids is 1. The van der Waals surface area contributed by atoms with E-state index in [9.17, 15) is 9.18 Å². The van der Waals surface area contributed by atoms with Crippen LogP contribution < -0.4 is 11.1 Å². The molecule has 4 heteroatoms. The number of benzene rings is 1. The molecule has 0 aliphatic carbocycles. The monoisotopic (exact) mass is 196 g/mol. The summed E-state index contributed by atoms with van der Waals surface area (Å²) in [6.45, 7) is 2.00. The maximum atomic E-state index is 13.3. The minimum Gasteiger partial charge on any atom is -0.326 e. The first kappa shape index (κ1) is 10.7. The molecule has 0 aliphatic heterocycles. The largest absolute Gasteiger partial charge is 0.326 e. The number of anilines is 1. The van der Waals surface area contributed by atoms with Crippen molar-refractivity contribution < 1.29 is 9.18 Å². The Morgan fingerprint density at radius 3 is 2.79 bits per heavy atom. The zero-order chi connectivity index (χ0) is 10.6. The van der Waals surface area contributed by atoms with Crippen molar-refractivity contribution in [2.75, 3.05) is 5.32 Å². The van der Waals surface area contributed by atoms with Gasteiger partial charge in [0.1, 0.15) is 5.82 Å². The van der Waals surface area contributed by atoms with Crippen molar-refractivity contribution in [1.82, 2.24) is 0 Å². The molecule has 0 fully saturated rings. The quantitative estimate of drug-likeness (QED) is 0.772. The molecule has 0 saturated carbocycles.